The van der Waals surface area contributed by atoms with Crippen LogP contribution in [0.3, 0.4) is 0 Å². The van der Waals surface area contributed by atoms with Gasteiger partial charge >= 0.3 is 0 Å². The fourth-order valence-corrected chi connectivity index (χ4v) is 3.40. The molecule has 4 aromatic heterocycles. The smallest absolute Gasteiger partial charge is 0.269 e. The van der Waals surface area contributed by atoms with E-state index in [2.05, 4.69) is 50.9 Å². The lowest BCUT2D eigenvalue weighted by Crippen LogP contribution is -2.21. The Bertz CT molecular complexity index is 1330. The lowest BCUT2D eigenvalue weighted by atomic mass is 10.0. The lowest BCUT2D eigenvalue weighted by molar-refractivity contribution is 0.784. The van der Waals surface area contributed by atoms with Crippen LogP contribution in [-0.4, -0.2) is 18.9 Å². The number of rotatable bonds is 3. The number of hydrogen-bond donors (Lipinski definition) is 0. The van der Waals surface area contributed by atoms with Gasteiger partial charge in [-0.3, -0.25) is 9.36 Å². The first-order chi connectivity index (χ1) is 13.3. The Morgan fingerprint density at radius 1 is 0.889 bits per heavy atom. The summed E-state index contributed by atoms with van der Waals surface area (Å²) in [5.41, 5.74) is 5.66. The molecule has 0 fully saturated rings. The Morgan fingerprint density at radius 3 is 2.81 bits per heavy atom. The highest BCUT2D eigenvalue weighted by atomic mass is 16.1. The van der Waals surface area contributed by atoms with Gasteiger partial charge in [-0.15, -0.1) is 0 Å². The SMILES string of the molecule is O=c1cnc2ncccc2n1Cc1cccc(-c2ccc3cccn3c2)c1. The van der Waals surface area contributed by atoms with Gasteiger partial charge in [-0.2, -0.15) is 0 Å². The standard InChI is InChI=1S/C22H16N4O/c27-21-13-24-22-20(7-2-10-23-22)26(21)14-16-4-1-5-17(12-16)18-8-9-19-6-3-11-25(19)15-18/h1-13,15H,14H2. The summed E-state index contributed by atoms with van der Waals surface area (Å²) in [5.74, 6) is 0. The monoisotopic (exact) mass is 352 g/mol. The molecule has 0 saturated carbocycles. The van der Waals surface area contributed by atoms with E-state index in [-0.39, 0.29) is 5.56 Å². The van der Waals surface area contributed by atoms with E-state index < -0.39 is 0 Å². The third-order valence-electron chi connectivity index (χ3n) is 4.74. The Balaban J connectivity index is 1.57. The molecule has 5 rings (SSSR count). The third kappa shape index (κ3) is 2.79. The van der Waals surface area contributed by atoms with E-state index in [1.54, 1.807) is 10.8 Å². The molecule has 130 valence electrons. The highest BCUT2D eigenvalue weighted by molar-refractivity contribution is 5.70. The topological polar surface area (TPSA) is 52.2 Å². The van der Waals surface area contributed by atoms with E-state index in [9.17, 15) is 4.79 Å². The van der Waals surface area contributed by atoms with Crippen LogP contribution in [0.15, 0.2) is 90.2 Å². The van der Waals surface area contributed by atoms with Gasteiger partial charge in [-0.1, -0.05) is 24.3 Å². The van der Waals surface area contributed by atoms with E-state index >= 15 is 0 Å². The molecule has 0 aliphatic carbocycles. The normalized spacial score (nSPS) is 11.3. The summed E-state index contributed by atoms with van der Waals surface area (Å²) in [4.78, 5) is 20.7. The van der Waals surface area contributed by atoms with Crippen molar-refractivity contribution < 1.29 is 0 Å². The van der Waals surface area contributed by atoms with E-state index in [4.69, 9.17) is 0 Å². The Kier molecular flexibility index (Phi) is 3.57. The summed E-state index contributed by atoms with van der Waals surface area (Å²) in [6.45, 7) is 0.475. The molecule has 0 aliphatic rings. The predicted molar refractivity (Wildman–Crippen MR) is 106 cm³/mol. The van der Waals surface area contributed by atoms with Crippen LogP contribution in [0.25, 0.3) is 27.8 Å². The molecule has 0 atom stereocenters. The van der Waals surface area contributed by atoms with Gasteiger partial charge in [0.05, 0.1) is 18.3 Å². The van der Waals surface area contributed by atoms with Crippen LogP contribution in [0.2, 0.25) is 0 Å². The molecule has 27 heavy (non-hydrogen) atoms. The van der Waals surface area contributed by atoms with Crippen molar-refractivity contribution in [1.82, 2.24) is 18.9 Å². The molecule has 0 spiro atoms. The van der Waals surface area contributed by atoms with Gasteiger partial charge in [-0.25, -0.2) is 9.97 Å². The molecule has 0 unspecified atom stereocenters. The minimum absolute atomic E-state index is 0.130. The molecule has 5 nitrogen and oxygen atoms in total. The van der Waals surface area contributed by atoms with Gasteiger partial charge in [0.15, 0.2) is 5.65 Å². The van der Waals surface area contributed by atoms with Gasteiger partial charge in [0.25, 0.3) is 5.56 Å². The number of pyridine rings is 2. The molecule has 0 saturated heterocycles. The Hall–Kier alpha value is -3.73. The van der Waals surface area contributed by atoms with E-state index in [1.807, 2.05) is 36.5 Å². The first-order valence-corrected chi connectivity index (χ1v) is 8.74. The van der Waals surface area contributed by atoms with Gasteiger partial charge in [-0.05, 0) is 53.1 Å². The molecule has 5 heteroatoms. The van der Waals surface area contributed by atoms with Crippen molar-refractivity contribution in [2.24, 2.45) is 0 Å². The minimum Gasteiger partial charge on any atom is -0.323 e. The molecule has 0 amide bonds. The average molecular weight is 352 g/mol. The quantitative estimate of drug-likeness (QED) is 0.497. The van der Waals surface area contributed by atoms with Crippen molar-refractivity contribution in [3.05, 3.63) is 101 Å². The van der Waals surface area contributed by atoms with E-state index in [0.717, 1.165) is 27.7 Å². The first-order valence-electron chi connectivity index (χ1n) is 8.74. The molecule has 0 N–H and O–H groups in total. The second-order valence-electron chi connectivity index (χ2n) is 6.49. The van der Waals surface area contributed by atoms with Crippen LogP contribution in [0.5, 0.6) is 0 Å². The van der Waals surface area contributed by atoms with Crippen molar-refractivity contribution >= 4 is 16.7 Å². The van der Waals surface area contributed by atoms with Gasteiger partial charge in [0, 0.05) is 24.1 Å². The summed E-state index contributed by atoms with van der Waals surface area (Å²) in [6.07, 6.45) is 7.17. The molecule has 0 bridgehead atoms. The summed E-state index contributed by atoms with van der Waals surface area (Å²) >= 11 is 0. The van der Waals surface area contributed by atoms with Crippen molar-refractivity contribution in [2.45, 2.75) is 6.54 Å². The maximum absolute atomic E-state index is 12.4. The number of hydrogen-bond acceptors (Lipinski definition) is 3. The number of benzene rings is 1. The zero-order chi connectivity index (χ0) is 18.2. The second-order valence-corrected chi connectivity index (χ2v) is 6.49. The number of nitrogens with zero attached hydrogens (tertiary/aromatic N) is 4. The fourth-order valence-electron chi connectivity index (χ4n) is 3.40. The van der Waals surface area contributed by atoms with Crippen molar-refractivity contribution in [2.75, 3.05) is 0 Å². The predicted octanol–water partition coefficient (Wildman–Crippen LogP) is 3.76. The van der Waals surface area contributed by atoms with Crippen LogP contribution in [0.1, 0.15) is 5.56 Å². The summed E-state index contributed by atoms with van der Waals surface area (Å²) in [6, 6.07) is 20.3. The van der Waals surface area contributed by atoms with Crippen LogP contribution in [0, 0.1) is 0 Å². The second kappa shape index (κ2) is 6.21. The zero-order valence-corrected chi connectivity index (χ0v) is 14.5. The molecule has 0 radical (unpaired) electrons. The Labute approximate surface area is 155 Å². The maximum Gasteiger partial charge on any atom is 0.269 e. The highest BCUT2D eigenvalue weighted by Crippen LogP contribution is 2.22. The molecule has 1 aromatic carbocycles. The van der Waals surface area contributed by atoms with Gasteiger partial charge in [0.2, 0.25) is 0 Å². The van der Waals surface area contributed by atoms with Gasteiger partial charge in [0.1, 0.15) is 0 Å². The molecule has 5 aromatic rings. The molecular weight excluding hydrogens is 336 g/mol. The summed E-state index contributed by atoms with van der Waals surface area (Å²) < 4.78 is 3.82. The summed E-state index contributed by atoms with van der Waals surface area (Å²) in [7, 11) is 0. The zero-order valence-electron chi connectivity index (χ0n) is 14.5. The van der Waals surface area contributed by atoms with Crippen LogP contribution < -0.4 is 5.56 Å². The van der Waals surface area contributed by atoms with Crippen LogP contribution >= 0.6 is 0 Å². The third-order valence-corrected chi connectivity index (χ3v) is 4.74. The largest absolute Gasteiger partial charge is 0.323 e. The highest BCUT2D eigenvalue weighted by Gasteiger charge is 2.07. The van der Waals surface area contributed by atoms with E-state index in [0.29, 0.717) is 12.2 Å². The average Bonchev–Trinajstić information content (AvgIpc) is 3.18. The van der Waals surface area contributed by atoms with Crippen molar-refractivity contribution in [3.63, 3.8) is 0 Å². The molecular formula is C22H16N4O. The van der Waals surface area contributed by atoms with Crippen LogP contribution in [0.4, 0.5) is 0 Å². The summed E-state index contributed by atoms with van der Waals surface area (Å²) in [5, 5.41) is 0. The lowest BCUT2D eigenvalue weighted by Gasteiger charge is -2.11. The van der Waals surface area contributed by atoms with E-state index in [1.165, 1.54) is 6.20 Å². The van der Waals surface area contributed by atoms with Crippen molar-refractivity contribution in [3.8, 4) is 11.1 Å². The number of fused-ring (bicyclic) bond motifs is 2. The van der Waals surface area contributed by atoms with Gasteiger partial charge < -0.3 is 4.40 Å². The molecule has 4 heterocycles. The minimum atomic E-state index is -0.130. The first kappa shape index (κ1) is 15.5. The molecule has 0 aliphatic heterocycles. The van der Waals surface area contributed by atoms with Crippen molar-refractivity contribution in [1.29, 1.82) is 0 Å². The Morgan fingerprint density at radius 2 is 1.85 bits per heavy atom. The number of aromatic nitrogens is 4. The fraction of sp³-hybridized carbons (Fsp3) is 0.0455. The van der Waals surface area contributed by atoms with Crippen LogP contribution in [-0.2, 0) is 6.54 Å². The maximum atomic E-state index is 12.4.